The third kappa shape index (κ3) is 2.02. The molecule has 1 aromatic heterocycles. The average Bonchev–Trinajstić information content (AvgIpc) is 2.28. The van der Waals surface area contributed by atoms with Gasteiger partial charge in [-0.15, -0.1) is 0 Å². The summed E-state index contributed by atoms with van der Waals surface area (Å²) >= 11 is 3.51. The third-order valence-corrected chi connectivity index (χ3v) is 3.28. The summed E-state index contributed by atoms with van der Waals surface area (Å²) in [5.41, 5.74) is 0.958. The lowest BCUT2D eigenvalue weighted by Gasteiger charge is -2.21. The highest BCUT2D eigenvalue weighted by Gasteiger charge is 2.09. The first-order valence-corrected chi connectivity index (χ1v) is 6.03. The minimum atomic E-state index is 0.389. The molecule has 1 heterocycles. The second-order valence-electron chi connectivity index (χ2n) is 4.05. The average molecular weight is 280 g/mol. The van der Waals surface area contributed by atoms with E-state index in [1.807, 2.05) is 31.4 Å². The Labute approximate surface area is 104 Å². The van der Waals surface area contributed by atoms with Crippen molar-refractivity contribution in [2.75, 3.05) is 11.9 Å². The standard InChI is InChI=1S/C12H14BrN3/c1-8(2)16(3)12-14-7-9-5-4-6-10(13)11(9)15-12/h4-8H,1-3H3. The Morgan fingerprint density at radius 2 is 2.06 bits per heavy atom. The number of aromatic nitrogens is 2. The van der Waals surface area contributed by atoms with Gasteiger partial charge >= 0.3 is 0 Å². The summed E-state index contributed by atoms with van der Waals surface area (Å²) in [7, 11) is 2.00. The van der Waals surface area contributed by atoms with Gasteiger partial charge in [-0.05, 0) is 35.8 Å². The van der Waals surface area contributed by atoms with Gasteiger partial charge in [0, 0.05) is 29.1 Å². The highest BCUT2D eigenvalue weighted by molar-refractivity contribution is 9.10. The number of hydrogen-bond acceptors (Lipinski definition) is 3. The van der Waals surface area contributed by atoms with E-state index in [1.165, 1.54) is 0 Å². The van der Waals surface area contributed by atoms with Gasteiger partial charge in [0.05, 0.1) is 5.52 Å². The topological polar surface area (TPSA) is 29.0 Å². The van der Waals surface area contributed by atoms with Crippen molar-refractivity contribution in [3.63, 3.8) is 0 Å². The van der Waals surface area contributed by atoms with E-state index in [9.17, 15) is 0 Å². The second-order valence-corrected chi connectivity index (χ2v) is 4.91. The van der Waals surface area contributed by atoms with Crippen LogP contribution in [0.5, 0.6) is 0 Å². The van der Waals surface area contributed by atoms with E-state index in [0.717, 1.165) is 21.3 Å². The van der Waals surface area contributed by atoms with Crippen molar-refractivity contribution in [1.29, 1.82) is 0 Å². The van der Waals surface area contributed by atoms with Crippen LogP contribution in [-0.2, 0) is 0 Å². The van der Waals surface area contributed by atoms with Gasteiger partial charge in [-0.1, -0.05) is 12.1 Å². The molecule has 0 atom stereocenters. The first-order valence-electron chi connectivity index (χ1n) is 5.23. The van der Waals surface area contributed by atoms with E-state index in [-0.39, 0.29) is 0 Å². The molecule has 16 heavy (non-hydrogen) atoms. The van der Waals surface area contributed by atoms with Gasteiger partial charge in [-0.2, -0.15) is 0 Å². The molecule has 4 heteroatoms. The van der Waals surface area contributed by atoms with E-state index in [4.69, 9.17) is 0 Å². The van der Waals surface area contributed by atoms with E-state index in [1.54, 1.807) is 0 Å². The molecule has 0 saturated heterocycles. The van der Waals surface area contributed by atoms with Crippen LogP contribution < -0.4 is 4.90 Å². The molecule has 0 N–H and O–H groups in total. The van der Waals surface area contributed by atoms with Crippen LogP contribution in [0.1, 0.15) is 13.8 Å². The molecule has 2 rings (SSSR count). The molecule has 84 valence electrons. The van der Waals surface area contributed by atoms with E-state index >= 15 is 0 Å². The van der Waals surface area contributed by atoms with E-state index in [0.29, 0.717) is 6.04 Å². The SMILES string of the molecule is CC(C)N(C)c1ncc2cccc(Br)c2n1. The van der Waals surface area contributed by atoms with Crippen LogP contribution in [0.15, 0.2) is 28.9 Å². The first kappa shape index (κ1) is 11.3. The fourth-order valence-electron chi connectivity index (χ4n) is 1.41. The number of nitrogens with zero attached hydrogens (tertiary/aromatic N) is 3. The zero-order valence-electron chi connectivity index (χ0n) is 9.61. The summed E-state index contributed by atoms with van der Waals surface area (Å²) in [6.07, 6.45) is 1.86. The largest absolute Gasteiger partial charge is 0.341 e. The molecule has 0 aliphatic carbocycles. The molecule has 2 aromatic rings. The third-order valence-electron chi connectivity index (χ3n) is 2.64. The molecule has 0 spiro atoms. The smallest absolute Gasteiger partial charge is 0.225 e. The molecule has 0 fully saturated rings. The lowest BCUT2D eigenvalue weighted by Crippen LogP contribution is -2.27. The summed E-state index contributed by atoms with van der Waals surface area (Å²) in [5.74, 6) is 0.759. The van der Waals surface area contributed by atoms with E-state index in [2.05, 4.69) is 44.6 Å². The minimum Gasteiger partial charge on any atom is -0.341 e. The number of halogens is 1. The van der Waals surface area contributed by atoms with Crippen molar-refractivity contribution < 1.29 is 0 Å². The molecule has 3 nitrogen and oxygen atoms in total. The Balaban J connectivity index is 2.55. The van der Waals surface area contributed by atoms with Gasteiger partial charge in [0.1, 0.15) is 0 Å². The summed E-state index contributed by atoms with van der Waals surface area (Å²) in [6.45, 7) is 4.24. The van der Waals surface area contributed by atoms with Crippen molar-refractivity contribution in [2.24, 2.45) is 0 Å². The molecule has 0 amide bonds. The maximum atomic E-state index is 4.56. The number of rotatable bonds is 2. The normalized spacial score (nSPS) is 11.1. The maximum absolute atomic E-state index is 4.56. The number of fused-ring (bicyclic) bond motifs is 1. The number of para-hydroxylation sites is 1. The molecule has 0 radical (unpaired) electrons. The highest BCUT2D eigenvalue weighted by Crippen LogP contribution is 2.23. The van der Waals surface area contributed by atoms with E-state index < -0.39 is 0 Å². The fourth-order valence-corrected chi connectivity index (χ4v) is 1.88. The summed E-state index contributed by atoms with van der Waals surface area (Å²) < 4.78 is 1.01. The lowest BCUT2D eigenvalue weighted by atomic mass is 10.2. The maximum Gasteiger partial charge on any atom is 0.225 e. The van der Waals surface area contributed by atoms with Gasteiger partial charge in [-0.3, -0.25) is 0 Å². The van der Waals surface area contributed by atoms with Crippen LogP contribution in [-0.4, -0.2) is 23.1 Å². The molecule has 0 saturated carbocycles. The predicted molar refractivity (Wildman–Crippen MR) is 70.8 cm³/mol. The zero-order valence-corrected chi connectivity index (χ0v) is 11.2. The minimum absolute atomic E-state index is 0.389. The Bertz CT molecular complexity index is 511. The van der Waals surface area contributed by atoms with Crippen LogP contribution >= 0.6 is 15.9 Å². The molecular formula is C12H14BrN3. The molecule has 0 aliphatic rings. The van der Waals surface area contributed by atoms with Crippen molar-refractivity contribution in [3.05, 3.63) is 28.9 Å². The van der Waals surface area contributed by atoms with Crippen molar-refractivity contribution in [3.8, 4) is 0 Å². The van der Waals surface area contributed by atoms with Crippen LogP contribution in [0, 0.1) is 0 Å². The zero-order chi connectivity index (χ0) is 11.7. The van der Waals surface area contributed by atoms with Gasteiger partial charge in [0.2, 0.25) is 5.95 Å². The van der Waals surface area contributed by atoms with Crippen LogP contribution in [0.3, 0.4) is 0 Å². The Morgan fingerprint density at radius 1 is 1.31 bits per heavy atom. The van der Waals surface area contributed by atoms with Gasteiger partial charge in [0.25, 0.3) is 0 Å². The van der Waals surface area contributed by atoms with Gasteiger partial charge < -0.3 is 4.90 Å². The molecular weight excluding hydrogens is 266 g/mol. The molecule has 0 bridgehead atoms. The van der Waals surface area contributed by atoms with Gasteiger partial charge in [0.15, 0.2) is 0 Å². The van der Waals surface area contributed by atoms with Crippen LogP contribution in [0.2, 0.25) is 0 Å². The number of hydrogen-bond donors (Lipinski definition) is 0. The molecule has 0 aliphatic heterocycles. The monoisotopic (exact) mass is 279 g/mol. The second kappa shape index (κ2) is 4.37. The predicted octanol–water partition coefficient (Wildman–Crippen LogP) is 3.24. The van der Waals surface area contributed by atoms with Crippen molar-refractivity contribution in [1.82, 2.24) is 9.97 Å². The first-order chi connectivity index (χ1) is 7.59. The molecule has 1 aromatic carbocycles. The summed E-state index contributed by atoms with van der Waals surface area (Å²) in [4.78, 5) is 11.0. The fraction of sp³-hybridized carbons (Fsp3) is 0.333. The Morgan fingerprint density at radius 3 is 2.75 bits per heavy atom. The van der Waals surface area contributed by atoms with Gasteiger partial charge in [-0.25, -0.2) is 9.97 Å². The van der Waals surface area contributed by atoms with Crippen LogP contribution in [0.4, 0.5) is 5.95 Å². The quantitative estimate of drug-likeness (QED) is 0.845. The highest BCUT2D eigenvalue weighted by atomic mass is 79.9. The Hall–Kier alpha value is -1.16. The number of anilines is 1. The summed E-state index contributed by atoms with van der Waals surface area (Å²) in [5, 5.41) is 1.05. The number of benzene rings is 1. The lowest BCUT2D eigenvalue weighted by molar-refractivity contribution is 0.731. The van der Waals surface area contributed by atoms with Crippen molar-refractivity contribution in [2.45, 2.75) is 19.9 Å². The summed E-state index contributed by atoms with van der Waals surface area (Å²) in [6, 6.07) is 6.38. The van der Waals surface area contributed by atoms with Crippen LogP contribution in [0.25, 0.3) is 10.9 Å². The molecule has 0 unspecified atom stereocenters. The Kier molecular flexibility index (Phi) is 3.10. The van der Waals surface area contributed by atoms with Crippen molar-refractivity contribution >= 4 is 32.8 Å².